The van der Waals surface area contributed by atoms with Crippen LogP contribution in [-0.2, 0) is 13.1 Å². The number of hydrogen-bond acceptors (Lipinski definition) is 12. The zero-order chi connectivity index (χ0) is 59.2. The Labute approximate surface area is 540 Å². The molecule has 14 rings (SSSR count). The molecule has 0 N–H and O–H groups in total. The van der Waals surface area contributed by atoms with Crippen molar-refractivity contribution in [2.24, 2.45) is 0 Å². The van der Waals surface area contributed by atoms with Crippen molar-refractivity contribution in [2.45, 2.75) is 155 Å². The van der Waals surface area contributed by atoms with Gasteiger partial charge >= 0.3 is 0 Å². The van der Waals surface area contributed by atoms with Crippen LogP contribution in [0.4, 0.5) is 0 Å². The maximum absolute atomic E-state index is 5.51. The molecule has 2 aromatic carbocycles. The second-order valence-electron chi connectivity index (χ2n) is 23.5. The zero-order valence-electron chi connectivity index (χ0n) is 50.4. The molecule has 0 aliphatic carbocycles. The summed E-state index contributed by atoms with van der Waals surface area (Å²) >= 11 is 11.3. The van der Waals surface area contributed by atoms with Gasteiger partial charge in [0.2, 0.25) is 0 Å². The third-order valence-electron chi connectivity index (χ3n) is 17.4. The average molecular weight is 1270 g/mol. The smallest absolute Gasteiger partial charge is 0.151 e. The van der Waals surface area contributed by atoms with Gasteiger partial charge in [0, 0.05) is 108 Å². The van der Waals surface area contributed by atoms with E-state index in [4.69, 9.17) is 29.9 Å². The Morgan fingerprint density at radius 3 is 0.795 bits per heavy atom. The van der Waals surface area contributed by atoms with Crippen LogP contribution in [0.2, 0.25) is 0 Å². The van der Waals surface area contributed by atoms with E-state index < -0.39 is 0 Å². The van der Waals surface area contributed by atoms with Crippen molar-refractivity contribution in [2.75, 3.05) is 0 Å². The molecule has 446 valence electrons. The first-order chi connectivity index (χ1) is 43.6. The molecular formula is C74H74N8S6. The predicted octanol–water partition coefficient (Wildman–Crippen LogP) is 24.5. The van der Waals surface area contributed by atoms with Crippen LogP contribution < -0.4 is 0 Å². The van der Waals surface area contributed by atoms with E-state index in [1.165, 1.54) is 185 Å². The number of unbranched alkanes of at least 4 members (excludes halogenated alkanes) is 18. The lowest BCUT2D eigenvalue weighted by atomic mass is 10.1. The van der Waals surface area contributed by atoms with E-state index in [2.05, 4.69) is 132 Å². The number of pyridine rings is 4. The Morgan fingerprint density at radius 2 is 0.500 bits per heavy atom. The average Bonchev–Trinajstić information content (AvgIpc) is 1.68. The predicted molar refractivity (Wildman–Crippen MR) is 383 cm³/mol. The fraction of sp³-hybridized carbons (Fsp3) is 0.324. The van der Waals surface area contributed by atoms with Crippen LogP contribution in [0.25, 0.3) is 136 Å². The van der Waals surface area contributed by atoms with E-state index in [-0.39, 0.29) is 0 Å². The van der Waals surface area contributed by atoms with Gasteiger partial charge in [-0.05, 0) is 134 Å². The Kier molecular flexibility index (Phi) is 18.4. The van der Waals surface area contributed by atoms with Crippen LogP contribution in [0.15, 0.2) is 146 Å². The van der Waals surface area contributed by atoms with Crippen molar-refractivity contribution in [1.82, 2.24) is 39.0 Å². The molecule has 0 atom stereocenters. The number of thiophene rings is 6. The summed E-state index contributed by atoms with van der Waals surface area (Å²) in [5.41, 5.74) is 8.10. The van der Waals surface area contributed by atoms with Crippen LogP contribution in [0, 0.1) is 0 Å². The maximum atomic E-state index is 5.51. The van der Waals surface area contributed by atoms with Gasteiger partial charge in [0.05, 0.1) is 53.9 Å². The minimum absolute atomic E-state index is 0.916. The molecule has 0 aliphatic heterocycles. The first-order valence-electron chi connectivity index (χ1n) is 32.2. The van der Waals surface area contributed by atoms with Crippen LogP contribution in [0.3, 0.4) is 0 Å². The van der Waals surface area contributed by atoms with Crippen LogP contribution in [-0.4, -0.2) is 39.0 Å². The monoisotopic (exact) mass is 1270 g/mol. The van der Waals surface area contributed by atoms with Crippen molar-refractivity contribution in [1.29, 1.82) is 0 Å². The van der Waals surface area contributed by atoms with Crippen molar-refractivity contribution in [3.8, 4) is 70.2 Å². The van der Waals surface area contributed by atoms with E-state index >= 15 is 0 Å². The Hall–Kier alpha value is -6.78. The molecule has 12 heterocycles. The van der Waals surface area contributed by atoms with Gasteiger partial charge in [-0.1, -0.05) is 129 Å². The van der Waals surface area contributed by atoms with Gasteiger partial charge in [-0.3, -0.25) is 19.9 Å². The quantitative estimate of drug-likeness (QED) is 0.0343. The first kappa shape index (κ1) is 58.9. The third-order valence-corrected chi connectivity index (χ3v) is 24.9. The fourth-order valence-corrected chi connectivity index (χ4v) is 19.4. The molecule has 0 amide bonds. The standard InChI is InChI=1S/C74H74N8S6/c1-3-5-7-9-11-13-15-17-19-21-47-81-71-51-29-25-45-77-67(51)65-49(27-23-43-75-65)69(71)79-73(81)63-41-39-61(87-63)59-37-35-57(85-59)55-33-31-53(83-55)54-32-34-56(84-54)58-36-38-60(86-58)62-40-42-64(88-62)74-80-70-50-28-24-44-76-66(50)68-52(30-26-46-78-68)72(70)82(74)48-22-20-18-16-14-12-10-8-6-4-2/h23-46H,3-22,47-48H2,1-2H3. The number of hydrogen-bond donors (Lipinski definition) is 0. The maximum Gasteiger partial charge on any atom is 0.151 e. The lowest BCUT2D eigenvalue weighted by molar-refractivity contribution is 0.539. The van der Waals surface area contributed by atoms with E-state index in [0.29, 0.717) is 0 Å². The number of aromatic nitrogens is 8. The number of fused-ring (bicyclic) bond motifs is 12. The minimum atomic E-state index is 0.916. The van der Waals surface area contributed by atoms with Crippen molar-refractivity contribution in [3.63, 3.8) is 0 Å². The highest BCUT2D eigenvalue weighted by molar-refractivity contribution is 7.30. The molecule has 8 nitrogen and oxygen atoms in total. The molecule has 0 saturated carbocycles. The highest BCUT2D eigenvalue weighted by Gasteiger charge is 2.24. The summed E-state index contributed by atoms with van der Waals surface area (Å²) in [4.78, 5) is 45.8. The SMILES string of the molecule is CCCCCCCCCCCCn1c(-c2ccc(-c3ccc(-c4ccc(-c5ccc(-c6ccc(-c7ccc(-c8nc9c%10cccnc%10c%10ncccc%10c9n8CCCCCCCCCCCC)s7)s6)s5)s4)s3)s2)nc2c3cccnc3c3ncccc3c21. The summed E-state index contributed by atoms with van der Waals surface area (Å²) < 4.78 is 5.01. The highest BCUT2D eigenvalue weighted by atomic mass is 32.1. The first-order valence-corrected chi connectivity index (χ1v) is 37.1. The normalized spacial score (nSPS) is 12.1. The number of imidazole rings is 2. The van der Waals surface area contributed by atoms with E-state index in [1.807, 2.05) is 105 Å². The summed E-state index contributed by atoms with van der Waals surface area (Å²) in [5.74, 6) is 2.08. The Balaban J connectivity index is 0.674. The summed E-state index contributed by atoms with van der Waals surface area (Å²) in [6.45, 7) is 6.43. The van der Waals surface area contributed by atoms with Gasteiger partial charge in [-0.25, -0.2) is 9.97 Å². The molecular weight excluding hydrogens is 1190 g/mol. The number of nitrogens with zero attached hydrogens (tertiary/aromatic N) is 8. The lowest BCUT2D eigenvalue weighted by Crippen LogP contribution is -2.01. The van der Waals surface area contributed by atoms with Crippen molar-refractivity contribution in [3.05, 3.63) is 146 Å². The van der Waals surface area contributed by atoms with Gasteiger partial charge in [0.25, 0.3) is 0 Å². The molecule has 0 radical (unpaired) electrons. The summed E-state index contributed by atoms with van der Waals surface area (Å²) in [5, 5.41) is 4.37. The number of rotatable bonds is 29. The Morgan fingerprint density at radius 1 is 0.261 bits per heavy atom. The van der Waals surface area contributed by atoms with Crippen molar-refractivity contribution < 1.29 is 0 Å². The molecule has 14 aromatic rings. The number of aryl methyl sites for hydroxylation is 2. The number of benzene rings is 2. The lowest BCUT2D eigenvalue weighted by Gasteiger charge is -2.11. The van der Waals surface area contributed by atoms with Crippen molar-refractivity contribution >= 4 is 134 Å². The fourth-order valence-electron chi connectivity index (χ4n) is 12.9. The summed E-state index contributed by atoms with van der Waals surface area (Å²) in [7, 11) is 0. The molecule has 14 heteroatoms. The third kappa shape index (κ3) is 12.2. The topological polar surface area (TPSA) is 87.2 Å². The van der Waals surface area contributed by atoms with Gasteiger partial charge < -0.3 is 9.13 Å². The second kappa shape index (κ2) is 27.5. The molecule has 0 bridgehead atoms. The van der Waals surface area contributed by atoms with Gasteiger partial charge in [0.15, 0.2) is 11.6 Å². The van der Waals surface area contributed by atoms with Crippen LogP contribution in [0.5, 0.6) is 0 Å². The van der Waals surface area contributed by atoms with Gasteiger partial charge in [-0.2, -0.15) is 0 Å². The van der Waals surface area contributed by atoms with Gasteiger partial charge in [-0.15, -0.1) is 68.0 Å². The summed E-state index contributed by atoms with van der Waals surface area (Å²) in [6.07, 6.45) is 33.7. The zero-order valence-corrected chi connectivity index (χ0v) is 55.3. The molecule has 0 unspecified atom stereocenters. The molecule has 88 heavy (non-hydrogen) atoms. The molecule has 0 aliphatic rings. The van der Waals surface area contributed by atoms with E-state index in [1.54, 1.807) is 0 Å². The Bertz CT molecular complexity index is 4380. The molecule has 12 aromatic heterocycles. The minimum Gasteiger partial charge on any atom is -0.323 e. The van der Waals surface area contributed by atoms with Crippen LogP contribution >= 0.6 is 68.0 Å². The van der Waals surface area contributed by atoms with Gasteiger partial charge in [0.1, 0.15) is 0 Å². The van der Waals surface area contributed by atoms with E-state index in [9.17, 15) is 0 Å². The molecule has 0 saturated heterocycles. The summed E-state index contributed by atoms with van der Waals surface area (Å²) in [6, 6.07) is 44.6. The van der Waals surface area contributed by atoms with Crippen LogP contribution in [0.1, 0.15) is 142 Å². The largest absolute Gasteiger partial charge is 0.323 e. The van der Waals surface area contributed by atoms with E-state index in [0.717, 1.165) is 92.2 Å². The second-order valence-corrected chi connectivity index (χ2v) is 30.0. The highest BCUT2D eigenvalue weighted by Crippen LogP contribution is 2.48. The molecule has 0 spiro atoms. The molecule has 0 fully saturated rings.